The number of piperidine rings is 1. The number of likely N-dealkylation sites (tertiary alicyclic amines) is 2. The third-order valence-electron chi connectivity index (χ3n) is 8.46. The summed E-state index contributed by atoms with van der Waals surface area (Å²) in [6, 6.07) is 9.70. The average Bonchev–Trinajstić information content (AvgIpc) is 3.80. The van der Waals surface area contributed by atoms with Crippen molar-refractivity contribution in [3.8, 4) is 0 Å². The van der Waals surface area contributed by atoms with Crippen molar-refractivity contribution in [2.75, 3.05) is 26.2 Å². The lowest BCUT2D eigenvalue weighted by Gasteiger charge is -2.39. The molecule has 1 amide bonds. The van der Waals surface area contributed by atoms with E-state index in [1.54, 1.807) is 35.8 Å². The molecule has 214 valence electrons. The first-order valence-electron chi connectivity index (χ1n) is 14.1. The Kier molecular flexibility index (Phi) is 8.00. The molecule has 5 heterocycles. The van der Waals surface area contributed by atoms with Crippen molar-refractivity contribution >= 4 is 23.2 Å². The summed E-state index contributed by atoms with van der Waals surface area (Å²) in [4.78, 5) is 47.3. The number of carbonyl (C=O) groups is 2. The maximum absolute atomic E-state index is 13.4. The van der Waals surface area contributed by atoms with Gasteiger partial charge in [0.05, 0.1) is 18.7 Å². The van der Waals surface area contributed by atoms with Crippen LogP contribution in [-0.2, 0) is 26.2 Å². The molecule has 0 bridgehead atoms. The number of nitrogens with zero attached hydrogens (tertiary/aromatic N) is 5. The number of nitrogens with one attached hydrogen (secondary N) is 2. The van der Waals surface area contributed by atoms with E-state index in [0.717, 1.165) is 68.6 Å². The largest absolute Gasteiger partial charge is 0.478 e. The molecule has 6 rings (SSSR count). The van der Waals surface area contributed by atoms with Gasteiger partial charge in [0.1, 0.15) is 11.6 Å². The standard InChI is InChI=1S/C30H35N7O3S/c38-28(37(19-26-31-9-10-32-26)20-27-33-11-12-34-27)23-3-1-22(2-4-23)17-36-15-8-30(21-36)6-13-35(14-7-30)18-25-24(29(39)40)5-16-41-25/h1-5,9-12,16H,6-8,13-15,17-21H2,(H,31,32)(H,33,34)(H,39,40). The van der Waals surface area contributed by atoms with Crippen molar-refractivity contribution in [2.45, 2.75) is 45.4 Å². The SMILES string of the molecule is O=C(O)c1ccsc1CN1CCC2(CC1)CCN(Cc1ccc(C(=O)N(Cc3ncc[nH]3)Cc3ncc[nH]3)cc1)C2. The second-order valence-electron chi connectivity index (χ2n) is 11.2. The normalized spacial score (nSPS) is 17.3. The van der Waals surface area contributed by atoms with Crippen molar-refractivity contribution in [3.05, 3.63) is 93.7 Å². The summed E-state index contributed by atoms with van der Waals surface area (Å²) in [5, 5.41) is 11.3. The van der Waals surface area contributed by atoms with Crippen molar-refractivity contribution in [2.24, 2.45) is 5.41 Å². The number of aromatic amines is 2. The van der Waals surface area contributed by atoms with E-state index < -0.39 is 5.97 Å². The number of aromatic carboxylic acids is 1. The van der Waals surface area contributed by atoms with Gasteiger partial charge >= 0.3 is 5.97 Å². The first-order chi connectivity index (χ1) is 20.0. The molecule has 0 atom stereocenters. The minimum absolute atomic E-state index is 0.0609. The highest BCUT2D eigenvalue weighted by atomic mass is 32.1. The Bertz CT molecular complexity index is 1410. The average molecular weight is 574 g/mol. The molecule has 3 aromatic heterocycles. The maximum Gasteiger partial charge on any atom is 0.336 e. The molecule has 2 aliphatic rings. The van der Waals surface area contributed by atoms with Gasteiger partial charge < -0.3 is 20.0 Å². The third kappa shape index (κ3) is 6.42. The number of H-pyrrole nitrogens is 2. The van der Waals surface area contributed by atoms with Gasteiger partial charge in [-0.15, -0.1) is 11.3 Å². The fraction of sp³-hybridized carbons (Fsp3) is 0.400. The van der Waals surface area contributed by atoms with E-state index in [0.29, 0.717) is 29.6 Å². The van der Waals surface area contributed by atoms with Crippen LogP contribution in [0.3, 0.4) is 0 Å². The molecule has 1 aromatic carbocycles. The number of hydrogen-bond acceptors (Lipinski definition) is 7. The molecule has 41 heavy (non-hydrogen) atoms. The van der Waals surface area contributed by atoms with Crippen molar-refractivity contribution in [1.82, 2.24) is 34.6 Å². The summed E-state index contributed by atoms with van der Waals surface area (Å²) in [7, 11) is 0. The lowest BCUT2D eigenvalue weighted by molar-refractivity contribution is 0.0689. The number of benzene rings is 1. The molecular formula is C30H35N7O3S. The topological polar surface area (TPSA) is 121 Å². The Labute approximate surface area is 243 Å². The fourth-order valence-electron chi connectivity index (χ4n) is 6.14. The Morgan fingerprint density at radius 1 is 0.902 bits per heavy atom. The van der Waals surface area contributed by atoms with Crippen LogP contribution >= 0.6 is 11.3 Å². The summed E-state index contributed by atoms with van der Waals surface area (Å²) in [6.45, 7) is 6.52. The van der Waals surface area contributed by atoms with Crippen LogP contribution in [0.25, 0.3) is 0 Å². The van der Waals surface area contributed by atoms with Crippen LogP contribution in [-0.4, -0.2) is 77.8 Å². The van der Waals surface area contributed by atoms with Crippen molar-refractivity contribution < 1.29 is 14.7 Å². The summed E-state index contributed by atoms with van der Waals surface area (Å²) >= 11 is 1.54. The molecule has 0 unspecified atom stereocenters. The van der Waals surface area contributed by atoms with Crippen LogP contribution in [0.15, 0.2) is 60.5 Å². The number of carbonyl (C=O) groups excluding carboxylic acids is 1. The van der Waals surface area contributed by atoms with Gasteiger partial charge in [0.15, 0.2) is 0 Å². The molecule has 2 aliphatic heterocycles. The molecule has 4 aromatic rings. The molecule has 0 saturated carbocycles. The molecule has 3 N–H and O–H groups in total. The fourth-order valence-corrected chi connectivity index (χ4v) is 7.04. The van der Waals surface area contributed by atoms with Gasteiger partial charge in [-0.1, -0.05) is 12.1 Å². The minimum Gasteiger partial charge on any atom is -0.478 e. The number of hydrogen-bond donors (Lipinski definition) is 3. The van der Waals surface area contributed by atoms with Gasteiger partial charge in [-0.2, -0.15) is 0 Å². The maximum atomic E-state index is 13.4. The van der Waals surface area contributed by atoms with E-state index in [9.17, 15) is 14.7 Å². The second-order valence-corrected chi connectivity index (χ2v) is 12.2. The summed E-state index contributed by atoms with van der Waals surface area (Å²) in [5.41, 5.74) is 2.64. The van der Waals surface area contributed by atoms with Gasteiger partial charge in [0.25, 0.3) is 5.91 Å². The first kappa shape index (κ1) is 27.4. The van der Waals surface area contributed by atoms with Crippen LogP contribution in [0, 0.1) is 5.41 Å². The molecule has 0 aliphatic carbocycles. The molecular weight excluding hydrogens is 538 g/mol. The van der Waals surface area contributed by atoms with Gasteiger partial charge in [-0.3, -0.25) is 14.6 Å². The van der Waals surface area contributed by atoms with E-state index in [-0.39, 0.29) is 5.91 Å². The molecule has 10 nitrogen and oxygen atoms in total. The zero-order chi connectivity index (χ0) is 28.2. The first-order valence-corrected chi connectivity index (χ1v) is 14.9. The van der Waals surface area contributed by atoms with Gasteiger partial charge in [0, 0.05) is 54.9 Å². The van der Waals surface area contributed by atoms with Crippen LogP contribution in [0.4, 0.5) is 0 Å². The van der Waals surface area contributed by atoms with Crippen LogP contribution in [0.5, 0.6) is 0 Å². The molecule has 2 saturated heterocycles. The Morgan fingerprint density at radius 2 is 1.54 bits per heavy atom. The van der Waals surface area contributed by atoms with E-state index in [1.165, 1.54) is 23.3 Å². The highest BCUT2D eigenvalue weighted by molar-refractivity contribution is 7.10. The zero-order valence-electron chi connectivity index (χ0n) is 23.0. The molecule has 11 heteroatoms. The number of thiophene rings is 1. The second kappa shape index (κ2) is 12.0. The van der Waals surface area contributed by atoms with Crippen LogP contribution in [0.1, 0.15) is 62.1 Å². The Hall–Kier alpha value is -3.80. The van der Waals surface area contributed by atoms with Crippen molar-refractivity contribution in [1.29, 1.82) is 0 Å². The number of carboxylic acid groups (broad SMARTS) is 1. The van der Waals surface area contributed by atoms with Crippen LogP contribution in [0.2, 0.25) is 0 Å². The summed E-state index contributed by atoms with van der Waals surface area (Å²) in [5.74, 6) is 0.562. The number of rotatable bonds is 10. The van der Waals surface area contributed by atoms with E-state index >= 15 is 0 Å². The van der Waals surface area contributed by atoms with Crippen molar-refractivity contribution in [3.63, 3.8) is 0 Å². The monoisotopic (exact) mass is 573 g/mol. The number of imidazole rings is 2. The highest BCUT2D eigenvalue weighted by Gasteiger charge is 2.40. The van der Waals surface area contributed by atoms with Gasteiger partial charge in [-0.05, 0) is 73.5 Å². The Morgan fingerprint density at radius 3 is 2.12 bits per heavy atom. The van der Waals surface area contributed by atoms with Crippen LogP contribution < -0.4 is 0 Å². The lowest BCUT2D eigenvalue weighted by atomic mass is 9.78. The highest BCUT2D eigenvalue weighted by Crippen LogP contribution is 2.41. The Balaban J connectivity index is 1.03. The zero-order valence-corrected chi connectivity index (χ0v) is 23.8. The molecule has 0 radical (unpaired) electrons. The summed E-state index contributed by atoms with van der Waals surface area (Å²) in [6.07, 6.45) is 10.4. The van der Waals surface area contributed by atoms with E-state index in [1.807, 2.05) is 17.5 Å². The number of amides is 1. The van der Waals surface area contributed by atoms with Gasteiger partial charge in [-0.25, -0.2) is 14.8 Å². The lowest BCUT2D eigenvalue weighted by Crippen LogP contribution is -2.41. The van der Waals surface area contributed by atoms with E-state index in [2.05, 4.69) is 41.9 Å². The molecule has 2 fully saturated rings. The smallest absolute Gasteiger partial charge is 0.336 e. The summed E-state index contributed by atoms with van der Waals surface area (Å²) < 4.78 is 0. The predicted molar refractivity (Wildman–Crippen MR) is 155 cm³/mol. The predicted octanol–water partition coefficient (Wildman–Crippen LogP) is 4.22. The molecule has 1 spiro atoms. The van der Waals surface area contributed by atoms with Gasteiger partial charge in [0.2, 0.25) is 0 Å². The number of aromatic nitrogens is 4. The number of carboxylic acids is 1. The quantitative estimate of drug-likeness (QED) is 0.260. The van der Waals surface area contributed by atoms with E-state index in [4.69, 9.17) is 0 Å². The third-order valence-corrected chi connectivity index (χ3v) is 9.37. The minimum atomic E-state index is -0.835.